The number of nitrogens with zero attached hydrogens (tertiary/aromatic N) is 3. The Hall–Kier alpha value is -1.20. The van der Waals surface area contributed by atoms with E-state index in [-0.39, 0.29) is 17.5 Å². The molecule has 0 aromatic carbocycles. The predicted molar refractivity (Wildman–Crippen MR) is 92.3 cm³/mol. The van der Waals surface area contributed by atoms with Gasteiger partial charge in [-0.15, -0.1) is 0 Å². The molecule has 5 heteroatoms. The highest BCUT2D eigenvalue weighted by Gasteiger charge is 2.49. The van der Waals surface area contributed by atoms with E-state index in [0.717, 1.165) is 38.9 Å². The molecule has 1 atom stereocenters. The Bertz CT molecular complexity index is 567. The molecule has 3 aliphatic rings. The smallest absolute Gasteiger partial charge is 0.164 e. The van der Waals surface area contributed by atoms with Crippen molar-refractivity contribution < 1.29 is 9.50 Å². The summed E-state index contributed by atoms with van der Waals surface area (Å²) < 4.78 is 14.0. The van der Waals surface area contributed by atoms with Crippen molar-refractivity contribution >= 4 is 5.69 Å². The van der Waals surface area contributed by atoms with Crippen molar-refractivity contribution in [3.8, 4) is 0 Å². The first-order valence-electron chi connectivity index (χ1n) is 9.48. The Balaban J connectivity index is 1.42. The number of aliphatic hydroxyl groups excluding tert-OH is 1. The van der Waals surface area contributed by atoms with Crippen molar-refractivity contribution in [1.82, 2.24) is 9.88 Å². The Morgan fingerprint density at radius 1 is 1.08 bits per heavy atom. The van der Waals surface area contributed by atoms with Crippen molar-refractivity contribution in [2.45, 2.75) is 63.6 Å². The zero-order valence-electron chi connectivity index (χ0n) is 14.3. The van der Waals surface area contributed by atoms with E-state index in [1.54, 1.807) is 12.3 Å². The van der Waals surface area contributed by atoms with Gasteiger partial charge in [-0.05, 0) is 38.2 Å². The SMILES string of the molecule is OC1N(C2CCCCC2)CCC12CCN(c1ccncc1F)CC2. The lowest BCUT2D eigenvalue weighted by Crippen LogP contribution is -2.50. The standard InChI is InChI=1S/C19H28FN3O/c20-16-14-21-10-6-17(16)22-11-7-19(8-12-22)9-13-23(18(19)24)15-4-2-1-3-5-15/h6,10,14-15,18,24H,1-5,7-9,11-13H2. The number of anilines is 1. The Kier molecular flexibility index (Phi) is 4.48. The van der Waals surface area contributed by atoms with E-state index in [4.69, 9.17) is 0 Å². The van der Waals surface area contributed by atoms with Crippen molar-refractivity contribution in [3.63, 3.8) is 0 Å². The summed E-state index contributed by atoms with van der Waals surface area (Å²) in [5, 5.41) is 11.1. The molecule has 0 amide bonds. The van der Waals surface area contributed by atoms with Gasteiger partial charge in [0.15, 0.2) is 5.82 Å². The normalized spacial score (nSPS) is 28.6. The Morgan fingerprint density at radius 3 is 2.50 bits per heavy atom. The summed E-state index contributed by atoms with van der Waals surface area (Å²) in [5.74, 6) is -0.246. The lowest BCUT2D eigenvalue weighted by molar-refractivity contribution is -0.0738. The molecule has 2 aliphatic heterocycles. The molecule has 2 saturated heterocycles. The largest absolute Gasteiger partial charge is 0.378 e. The van der Waals surface area contributed by atoms with E-state index in [2.05, 4.69) is 14.8 Å². The molecule has 3 heterocycles. The maximum absolute atomic E-state index is 14.0. The van der Waals surface area contributed by atoms with Gasteiger partial charge in [0.05, 0.1) is 11.9 Å². The fourth-order valence-corrected chi connectivity index (χ4v) is 5.08. The third-order valence-corrected chi connectivity index (χ3v) is 6.62. The second kappa shape index (κ2) is 6.60. The van der Waals surface area contributed by atoms with Crippen molar-refractivity contribution in [1.29, 1.82) is 0 Å². The molecular formula is C19H28FN3O. The van der Waals surface area contributed by atoms with Crippen LogP contribution in [0.4, 0.5) is 10.1 Å². The Morgan fingerprint density at radius 2 is 1.79 bits per heavy atom. The van der Waals surface area contributed by atoms with Crippen LogP contribution in [0.1, 0.15) is 51.4 Å². The molecule has 1 aliphatic carbocycles. The second-order valence-electron chi connectivity index (χ2n) is 7.83. The molecule has 1 N–H and O–H groups in total. The van der Waals surface area contributed by atoms with Gasteiger partial charge in [0, 0.05) is 37.3 Å². The van der Waals surface area contributed by atoms with Gasteiger partial charge >= 0.3 is 0 Å². The van der Waals surface area contributed by atoms with Gasteiger partial charge in [-0.1, -0.05) is 19.3 Å². The van der Waals surface area contributed by atoms with Crippen LogP contribution < -0.4 is 4.90 Å². The first-order chi connectivity index (χ1) is 11.7. The molecule has 1 unspecified atom stereocenters. The van der Waals surface area contributed by atoms with Crippen LogP contribution in [0.25, 0.3) is 0 Å². The number of hydrogen-bond acceptors (Lipinski definition) is 4. The quantitative estimate of drug-likeness (QED) is 0.902. The zero-order valence-corrected chi connectivity index (χ0v) is 14.3. The van der Waals surface area contributed by atoms with Gasteiger partial charge in [-0.25, -0.2) is 4.39 Å². The van der Waals surface area contributed by atoms with Gasteiger partial charge in [0.2, 0.25) is 0 Å². The summed E-state index contributed by atoms with van der Waals surface area (Å²) in [6, 6.07) is 2.33. The average molecular weight is 333 g/mol. The molecule has 1 spiro atoms. The van der Waals surface area contributed by atoms with Crippen molar-refractivity contribution in [3.05, 3.63) is 24.3 Å². The minimum Gasteiger partial charge on any atom is -0.378 e. The first-order valence-corrected chi connectivity index (χ1v) is 9.48. The summed E-state index contributed by atoms with van der Waals surface area (Å²) in [7, 11) is 0. The van der Waals surface area contributed by atoms with Crippen molar-refractivity contribution in [2.24, 2.45) is 5.41 Å². The van der Waals surface area contributed by atoms with E-state index in [1.165, 1.54) is 38.3 Å². The number of piperidine rings is 1. The lowest BCUT2D eigenvalue weighted by atomic mass is 9.76. The zero-order chi connectivity index (χ0) is 16.6. The number of halogens is 1. The number of rotatable bonds is 2. The van der Waals surface area contributed by atoms with E-state index < -0.39 is 0 Å². The van der Waals surface area contributed by atoms with Gasteiger partial charge < -0.3 is 10.0 Å². The van der Waals surface area contributed by atoms with Crippen LogP contribution in [0.2, 0.25) is 0 Å². The van der Waals surface area contributed by atoms with Crippen LogP contribution in [0.3, 0.4) is 0 Å². The Labute approximate surface area is 143 Å². The average Bonchev–Trinajstić information content (AvgIpc) is 2.94. The first kappa shape index (κ1) is 16.3. The number of likely N-dealkylation sites (tertiary alicyclic amines) is 1. The maximum Gasteiger partial charge on any atom is 0.164 e. The second-order valence-corrected chi connectivity index (χ2v) is 7.83. The monoisotopic (exact) mass is 333 g/mol. The van der Waals surface area contributed by atoms with Crippen LogP contribution in [0, 0.1) is 11.2 Å². The van der Waals surface area contributed by atoms with E-state index >= 15 is 0 Å². The summed E-state index contributed by atoms with van der Waals surface area (Å²) in [5.41, 5.74) is 0.661. The molecule has 1 aromatic heterocycles. The van der Waals surface area contributed by atoms with Gasteiger partial charge in [-0.3, -0.25) is 9.88 Å². The topological polar surface area (TPSA) is 39.6 Å². The van der Waals surface area contributed by atoms with Crippen LogP contribution in [0.15, 0.2) is 18.5 Å². The molecule has 3 fully saturated rings. The predicted octanol–water partition coefficient (Wildman–Crippen LogP) is 3.16. The van der Waals surface area contributed by atoms with E-state index in [1.807, 2.05) is 0 Å². The highest BCUT2D eigenvalue weighted by atomic mass is 19.1. The molecule has 1 saturated carbocycles. The molecule has 4 rings (SSSR count). The van der Waals surface area contributed by atoms with Gasteiger partial charge in [0.25, 0.3) is 0 Å². The molecular weight excluding hydrogens is 305 g/mol. The van der Waals surface area contributed by atoms with Gasteiger partial charge in [0.1, 0.15) is 6.23 Å². The number of aliphatic hydroxyl groups is 1. The highest BCUT2D eigenvalue weighted by molar-refractivity contribution is 5.46. The summed E-state index contributed by atoms with van der Waals surface area (Å²) in [6.45, 7) is 2.66. The van der Waals surface area contributed by atoms with Crippen LogP contribution in [0.5, 0.6) is 0 Å². The lowest BCUT2D eigenvalue weighted by Gasteiger charge is -2.44. The number of pyridine rings is 1. The third-order valence-electron chi connectivity index (χ3n) is 6.62. The molecule has 1 aromatic rings. The summed E-state index contributed by atoms with van der Waals surface area (Å²) >= 11 is 0. The third kappa shape index (κ3) is 2.82. The minimum absolute atomic E-state index is 0.0114. The fraction of sp³-hybridized carbons (Fsp3) is 0.737. The van der Waals surface area contributed by atoms with Crippen molar-refractivity contribution in [2.75, 3.05) is 24.5 Å². The molecule has 0 bridgehead atoms. The molecule has 24 heavy (non-hydrogen) atoms. The molecule has 4 nitrogen and oxygen atoms in total. The summed E-state index contributed by atoms with van der Waals surface area (Å²) in [6.07, 6.45) is 12.0. The van der Waals surface area contributed by atoms with Crippen LogP contribution in [-0.4, -0.2) is 46.9 Å². The molecule has 132 valence electrons. The minimum atomic E-state index is -0.315. The maximum atomic E-state index is 14.0. The van der Waals surface area contributed by atoms with E-state index in [9.17, 15) is 9.50 Å². The number of aromatic nitrogens is 1. The van der Waals surface area contributed by atoms with Crippen LogP contribution >= 0.6 is 0 Å². The number of hydrogen-bond donors (Lipinski definition) is 1. The molecule has 0 radical (unpaired) electrons. The van der Waals surface area contributed by atoms with Crippen LogP contribution in [-0.2, 0) is 0 Å². The van der Waals surface area contributed by atoms with Gasteiger partial charge in [-0.2, -0.15) is 0 Å². The highest BCUT2D eigenvalue weighted by Crippen LogP contribution is 2.47. The fourth-order valence-electron chi connectivity index (χ4n) is 5.08. The van der Waals surface area contributed by atoms with E-state index in [0.29, 0.717) is 11.7 Å². The summed E-state index contributed by atoms with van der Waals surface area (Å²) in [4.78, 5) is 8.32.